The van der Waals surface area contributed by atoms with Gasteiger partial charge in [0, 0.05) is 12.1 Å². The van der Waals surface area contributed by atoms with Gasteiger partial charge in [0.05, 0.1) is 12.5 Å². The van der Waals surface area contributed by atoms with E-state index in [1.807, 2.05) is 12.1 Å². The van der Waals surface area contributed by atoms with Crippen molar-refractivity contribution >= 4 is 11.8 Å². The highest BCUT2D eigenvalue weighted by molar-refractivity contribution is 5.77. The lowest BCUT2D eigenvalue weighted by Crippen LogP contribution is -2.45. The molecule has 0 spiro atoms. The molecular weight excluding hydrogens is 242 g/mol. The fraction of sp³-hybridized carbons (Fsp3) is 0.571. The van der Waals surface area contributed by atoms with E-state index in [1.165, 1.54) is 7.11 Å². The number of nitrogens with two attached hydrogens (primary N) is 1. The zero-order valence-corrected chi connectivity index (χ0v) is 11.6. The van der Waals surface area contributed by atoms with Crippen molar-refractivity contribution in [2.75, 3.05) is 33.0 Å². The van der Waals surface area contributed by atoms with Gasteiger partial charge in [0.1, 0.15) is 5.82 Å². The number of nitrogens with zero attached hydrogens (tertiary/aromatic N) is 2. The second kappa shape index (κ2) is 5.57. The van der Waals surface area contributed by atoms with Gasteiger partial charge in [-0.15, -0.1) is 0 Å². The van der Waals surface area contributed by atoms with Crippen molar-refractivity contribution in [3.8, 4) is 0 Å². The molecule has 0 unspecified atom stereocenters. The Labute approximate surface area is 113 Å². The average molecular weight is 263 g/mol. The van der Waals surface area contributed by atoms with Gasteiger partial charge in [-0.25, -0.2) is 4.98 Å². The number of carbonyl (C=O) groups is 1. The summed E-state index contributed by atoms with van der Waals surface area (Å²) in [6, 6.07) is 5.54. The minimum atomic E-state index is -0.456. The van der Waals surface area contributed by atoms with Gasteiger partial charge in [-0.1, -0.05) is 6.07 Å². The van der Waals surface area contributed by atoms with Crippen LogP contribution in [0, 0.1) is 5.41 Å². The number of rotatable bonds is 3. The molecule has 2 N–H and O–H groups in total. The van der Waals surface area contributed by atoms with E-state index in [2.05, 4.69) is 16.9 Å². The number of anilines is 1. The van der Waals surface area contributed by atoms with Crippen LogP contribution in [0.25, 0.3) is 0 Å². The number of pyridine rings is 1. The predicted octanol–water partition coefficient (Wildman–Crippen LogP) is 1.09. The van der Waals surface area contributed by atoms with Crippen LogP contribution in [0.1, 0.15) is 18.5 Å². The van der Waals surface area contributed by atoms with E-state index >= 15 is 0 Å². The molecule has 104 valence electrons. The van der Waals surface area contributed by atoms with Crippen LogP contribution in [0.2, 0.25) is 0 Å². The third kappa shape index (κ3) is 3.04. The number of piperidine rings is 1. The molecule has 0 amide bonds. The summed E-state index contributed by atoms with van der Waals surface area (Å²) in [7, 11) is 3.52. The van der Waals surface area contributed by atoms with Crippen molar-refractivity contribution in [3.63, 3.8) is 0 Å². The van der Waals surface area contributed by atoms with Crippen molar-refractivity contribution in [2.45, 2.75) is 19.3 Å². The van der Waals surface area contributed by atoms with Crippen LogP contribution in [0.5, 0.6) is 0 Å². The Hall–Kier alpha value is -1.62. The molecule has 19 heavy (non-hydrogen) atoms. The zero-order valence-electron chi connectivity index (χ0n) is 11.6. The highest BCUT2D eigenvalue weighted by Gasteiger charge is 2.42. The standard InChI is InChI=1S/C14H21N3O2/c1-17-8-6-14(7-9-17,13(18)19-2)10-11-4-3-5-12(15)16-11/h3-5H,6-10H2,1-2H3,(H2,15,16). The van der Waals surface area contributed by atoms with E-state index in [0.29, 0.717) is 12.2 Å². The summed E-state index contributed by atoms with van der Waals surface area (Å²) in [5.74, 6) is 0.357. The second-order valence-electron chi connectivity index (χ2n) is 5.31. The van der Waals surface area contributed by atoms with Crippen LogP contribution >= 0.6 is 0 Å². The molecule has 0 aliphatic carbocycles. The molecule has 1 aliphatic heterocycles. The Morgan fingerprint density at radius 3 is 2.74 bits per heavy atom. The molecule has 1 aliphatic rings. The molecule has 0 aromatic carbocycles. The van der Waals surface area contributed by atoms with Crippen LogP contribution in [-0.2, 0) is 16.0 Å². The van der Waals surface area contributed by atoms with Crippen molar-refractivity contribution in [1.82, 2.24) is 9.88 Å². The molecule has 0 radical (unpaired) electrons. The van der Waals surface area contributed by atoms with E-state index in [9.17, 15) is 4.79 Å². The summed E-state index contributed by atoms with van der Waals surface area (Å²) in [6.45, 7) is 1.80. The minimum Gasteiger partial charge on any atom is -0.469 e. The number of esters is 1. The highest BCUT2D eigenvalue weighted by atomic mass is 16.5. The van der Waals surface area contributed by atoms with Gasteiger partial charge in [-0.2, -0.15) is 0 Å². The number of aromatic nitrogens is 1. The molecule has 5 nitrogen and oxygen atoms in total. The maximum absolute atomic E-state index is 12.2. The quantitative estimate of drug-likeness (QED) is 0.827. The smallest absolute Gasteiger partial charge is 0.312 e. The monoisotopic (exact) mass is 263 g/mol. The molecule has 2 rings (SSSR count). The number of hydrogen-bond acceptors (Lipinski definition) is 5. The molecule has 1 aromatic rings. The molecular formula is C14H21N3O2. The summed E-state index contributed by atoms with van der Waals surface area (Å²) in [4.78, 5) is 18.7. The van der Waals surface area contributed by atoms with Crippen molar-refractivity contribution in [1.29, 1.82) is 0 Å². The van der Waals surface area contributed by atoms with Crippen molar-refractivity contribution in [3.05, 3.63) is 23.9 Å². The second-order valence-corrected chi connectivity index (χ2v) is 5.31. The van der Waals surface area contributed by atoms with Crippen LogP contribution in [-0.4, -0.2) is 43.1 Å². The van der Waals surface area contributed by atoms with Gasteiger partial charge in [0.25, 0.3) is 0 Å². The van der Waals surface area contributed by atoms with Gasteiger partial charge < -0.3 is 15.4 Å². The van der Waals surface area contributed by atoms with Crippen molar-refractivity contribution < 1.29 is 9.53 Å². The van der Waals surface area contributed by atoms with E-state index in [1.54, 1.807) is 6.07 Å². The molecule has 0 atom stereocenters. The predicted molar refractivity (Wildman–Crippen MR) is 73.5 cm³/mol. The van der Waals surface area contributed by atoms with Crippen LogP contribution in [0.3, 0.4) is 0 Å². The summed E-state index contributed by atoms with van der Waals surface area (Å²) < 4.78 is 5.01. The number of nitrogen functional groups attached to an aromatic ring is 1. The minimum absolute atomic E-state index is 0.134. The van der Waals surface area contributed by atoms with Crippen LogP contribution in [0.4, 0.5) is 5.82 Å². The van der Waals surface area contributed by atoms with Crippen LogP contribution in [0.15, 0.2) is 18.2 Å². The normalized spacial score (nSPS) is 19.1. The summed E-state index contributed by atoms with van der Waals surface area (Å²) in [6.07, 6.45) is 2.19. The average Bonchev–Trinajstić information content (AvgIpc) is 2.41. The Kier molecular flexibility index (Phi) is 4.04. The van der Waals surface area contributed by atoms with Crippen LogP contribution < -0.4 is 5.73 Å². The Morgan fingerprint density at radius 2 is 2.16 bits per heavy atom. The first kappa shape index (κ1) is 13.8. The first-order valence-electron chi connectivity index (χ1n) is 6.54. The maximum Gasteiger partial charge on any atom is 0.312 e. The molecule has 5 heteroatoms. The van der Waals surface area contributed by atoms with E-state index in [0.717, 1.165) is 31.6 Å². The summed E-state index contributed by atoms with van der Waals surface area (Å²) >= 11 is 0. The van der Waals surface area contributed by atoms with Gasteiger partial charge in [-0.3, -0.25) is 4.79 Å². The summed E-state index contributed by atoms with van der Waals surface area (Å²) in [5.41, 5.74) is 6.10. The highest BCUT2D eigenvalue weighted by Crippen LogP contribution is 2.35. The van der Waals surface area contributed by atoms with Gasteiger partial charge in [0.2, 0.25) is 0 Å². The fourth-order valence-corrected chi connectivity index (χ4v) is 2.66. The molecule has 2 heterocycles. The molecule has 0 bridgehead atoms. The third-order valence-corrected chi connectivity index (χ3v) is 3.91. The van der Waals surface area contributed by atoms with E-state index in [4.69, 9.17) is 10.5 Å². The van der Waals surface area contributed by atoms with Crippen molar-refractivity contribution in [2.24, 2.45) is 5.41 Å². The topological polar surface area (TPSA) is 68.5 Å². The molecule has 1 fully saturated rings. The number of hydrogen-bond donors (Lipinski definition) is 1. The zero-order chi connectivity index (χ0) is 13.9. The summed E-state index contributed by atoms with van der Waals surface area (Å²) in [5, 5.41) is 0. The molecule has 1 saturated heterocycles. The molecule has 0 saturated carbocycles. The Balaban J connectivity index is 2.21. The van der Waals surface area contributed by atoms with Gasteiger partial charge in [0.15, 0.2) is 0 Å². The Morgan fingerprint density at radius 1 is 1.47 bits per heavy atom. The lowest BCUT2D eigenvalue weighted by atomic mass is 9.74. The first-order valence-corrected chi connectivity index (χ1v) is 6.54. The number of methoxy groups -OCH3 is 1. The maximum atomic E-state index is 12.2. The fourth-order valence-electron chi connectivity index (χ4n) is 2.66. The number of likely N-dealkylation sites (tertiary alicyclic amines) is 1. The lowest BCUT2D eigenvalue weighted by molar-refractivity contribution is -0.155. The Bertz CT molecular complexity index is 454. The first-order chi connectivity index (χ1) is 9.05. The van der Waals surface area contributed by atoms with E-state index < -0.39 is 5.41 Å². The molecule has 1 aromatic heterocycles. The van der Waals surface area contributed by atoms with Gasteiger partial charge in [-0.05, 0) is 45.1 Å². The third-order valence-electron chi connectivity index (χ3n) is 3.91. The van der Waals surface area contributed by atoms with Gasteiger partial charge >= 0.3 is 5.97 Å². The number of carbonyl (C=O) groups excluding carboxylic acids is 1. The lowest BCUT2D eigenvalue weighted by Gasteiger charge is -2.38. The SMILES string of the molecule is COC(=O)C1(Cc2cccc(N)n2)CCN(C)CC1. The number of ether oxygens (including phenoxy) is 1. The largest absolute Gasteiger partial charge is 0.469 e. The van der Waals surface area contributed by atoms with E-state index in [-0.39, 0.29) is 5.97 Å².